The van der Waals surface area contributed by atoms with E-state index in [1.165, 1.54) is 7.05 Å². The van der Waals surface area contributed by atoms with Gasteiger partial charge in [-0.25, -0.2) is 17.2 Å². The average molecular weight is 290 g/mol. The zero-order valence-electron chi connectivity index (χ0n) is 10.7. The van der Waals surface area contributed by atoms with Crippen LogP contribution in [0.25, 0.3) is 0 Å². The molecular formula is C12H16F2N2O2S. The molecule has 2 N–H and O–H groups in total. The topological polar surface area (TPSA) is 63.4 Å². The van der Waals surface area contributed by atoms with Gasteiger partial charge in [-0.15, -0.1) is 0 Å². The molecule has 1 aliphatic carbocycles. The van der Waals surface area contributed by atoms with E-state index >= 15 is 0 Å². The van der Waals surface area contributed by atoms with Gasteiger partial charge in [0.15, 0.2) is 4.90 Å². The third-order valence-corrected chi connectivity index (χ3v) is 5.53. The molecular weight excluding hydrogens is 274 g/mol. The van der Waals surface area contributed by atoms with Crippen LogP contribution in [0.2, 0.25) is 0 Å². The van der Waals surface area contributed by atoms with Gasteiger partial charge in [0, 0.05) is 18.8 Å². The fourth-order valence-corrected chi connectivity index (χ4v) is 3.57. The van der Waals surface area contributed by atoms with Gasteiger partial charge in [0.1, 0.15) is 11.6 Å². The summed E-state index contributed by atoms with van der Waals surface area (Å²) in [6.07, 6.45) is 1.88. The molecule has 7 heteroatoms. The van der Waals surface area contributed by atoms with E-state index < -0.39 is 26.6 Å². The fourth-order valence-electron chi connectivity index (χ4n) is 2.06. The number of hydrogen-bond donors (Lipinski definition) is 1. The first-order chi connectivity index (χ1) is 8.75. The van der Waals surface area contributed by atoms with Crippen molar-refractivity contribution in [3.05, 3.63) is 23.8 Å². The molecule has 106 valence electrons. The highest BCUT2D eigenvalue weighted by Gasteiger charge is 2.38. The van der Waals surface area contributed by atoms with Crippen LogP contribution in [0.5, 0.6) is 0 Å². The van der Waals surface area contributed by atoms with Crippen molar-refractivity contribution in [1.29, 1.82) is 0 Å². The first kappa shape index (κ1) is 14.2. The SMILES string of the molecule is CC(C1CC1)N(C)S(=O)(=O)c1c(F)cc(N)cc1F. The lowest BCUT2D eigenvalue weighted by Crippen LogP contribution is -2.37. The molecule has 0 aromatic heterocycles. The van der Waals surface area contributed by atoms with E-state index in [9.17, 15) is 17.2 Å². The lowest BCUT2D eigenvalue weighted by molar-refractivity contribution is 0.352. The Balaban J connectivity index is 2.44. The maximum Gasteiger partial charge on any atom is 0.248 e. The van der Waals surface area contributed by atoms with Crippen LogP contribution < -0.4 is 5.73 Å². The van der Waals surface area contributed by atoms with E-state index in [0.717, 1.165) is 29.3 Å². The Bertz CT molecular complexity index is 577. The largest absolute Gasteiger partial charge is 0.399 e. The quantitative estimate of drug-likeness (QED) is 0.862. The molecule has 0 saturated heterocycles. The van der Waals surface area contributed by atoms with Crippen LogP contribution in [-0.2, 0) is 10.0 Å². The molecule has 0 bridgehead atoms. The highest BCUT2D eigenvalue weighted by Crippen LogP contribution is 2.37. The summed E-state index contributed by atoms with van der Waals surface area (Å²) in [5.74, 6) is -2.06. The standard InChI is InChI=1S/C12H16F2N2O2S/c1-7(8-3-4-8)16(2)19(17,18)12-10(13)5-9(15)6-11(12)14/h5-8H,3-4,15H2,1-2H3. The van der Waals surface area contributed by atoms with E-state index in [2.05, 4.69) is 0 Å². The van der Waals surface area contributed by atoms with E-state index in [1.807, 2.05) is 0 Å². The van der Waals surface area contributed by atoms with Crippen LogP contribution in [0.3, 0.4) is 0 Å². The zero-order valence-corrected chi connectivity index (χ0v) is 11.5. The molecule has 0 heterocycles. The minimum Gasteiger partial charge on any atom is -0.399 e. The summed E-state index contributed by atoms with van der Waals surface area (Å²) in [6, 6.07) is 1.35. The van der Waals surface area contributed by atoms with E-state index in [1.54, 1.807) is 6.92 Å². The highest BCUT2D eigenvalue weighted by molar-refractivity contribution is 7.89. The summed E-state index contributed by atoms with van der Waals surface area (Å²) in [5, 5.41) is 0. The van der Waals surface area contributed by atoms with Gasteiger partial charge in [-0.05, 0) is 37.8 Å². The van der Waals surface area contributed by atoms with Gasteiger partial charge in [-0.2, -0.15) is 4.31 Å². The molecule has 0 radical (unpaired) electrons. The van der Waals surface area contributed by atoms with Crippen LogP contribution in [-0.4, -0.2) is 25.8 Å². The Labute approximate surface area is 111 Å². The molecule has 1 aromatic carbocycles. The average Bonchev–Trinajstić information content (AvgIpc) is 3.08. The van der Waals surface area contributed by atoms with Crippen LogP contribution >= 0.6 is 0 Å². The van der Waals surface area contributed by atoms with Crippen molar-refractivity contribution >= 4 is 15.7 Å². The summed E-state index contributed by atoms with van der Waals surface area (Å²) < 4.78 is 53.0. The molecule has 0 aliphatic heterocycles. The lowest BCUT2D eigenvalue weighted by atomic mass is 10.2. The van der Waals surface area contributed by atoms with Crippen LogP contribution in [0.15, 0.2) is 17.0 Å². The van der Waals surface area contributed by atoms with Gasteiger partial charge in [-0.1, -0.05) is 0 Å². The molecule has 1 unspecified atom stereocenters. The van der Waals surface area contributed by atoms with Gasteiger partial charge < -0.3 is 5.73 Å². The third kappa shape index (κ3) is 2.57. The number of nitrogens with zero attached hydrogens (tertiary/aromatic N) is 1. The predicted octanol–water partition coefficient (Wildman–Crippen LogP) is 1.97. The number of hydrogen-bond acceptors (Lipinski definition) is 3. The van der Waals surface area contributed by atoms with Crippen molar-refractivity contribution in [1.82, 2.24) is 4.31 Å². The Kier molecular flexibility index (Phi) is 3.53. The number of nitrogens with two attached hydrogens (primary N) is 1. The maximum absolute atomic E-state index is 13.7. The molecule has 4 nitrogen and oxygen atoms in total. The normalized spacial score (nSPS) is 17.7. The minimum atomic E-state index is -4.19. The minimum absolute atomic E-state index is 0.146. The molecule has 2 rings (SSSR count). The Hall–Kier alpha value is -1.21. The summed E-state index contributed by atoms with van der Waals surface area (Å²) in [4.78, 5) is -0.934. The second-order valence-corrected chi connectivity index (χ2v) is 6.85. The Morgan fingerprint density at radius 2 is 1.79 bits per heavy atom. The van der Waals surface area contributed by atoms with Gasteiger partial charge in [-0.3, -0.25) is 0 Å². The molecule has 1 aromatic rings. The van der Waals surface area contributed by atoms with Crippen LogP contribution in [0, 0.1) is 17.6 Å². The molecule has 19 heavy (non-hydrogen) atoms. The molecule has 1 fully saturated rings. The third-order valence-electron chi connectivity index (χ3n) is 3.54. The summed E-state index contributed by atoms with van der Waals surface area (Å²) in [5.41, 5.74) is 5.13. The number of anilines is 1. The number of nitrogen functional groups attached to an aromatic ring is 1. The van der Waals surface area contributed by atoms with Crippen LogP contribution in [0.1, 0.15) is 19.8 Å². The van der Waals surface area contributed by atoms with Crippen molar-refractivity contribution in [2.75, 3.05) is 12.8 Å². The molecule has 0 amide bonds. The van der Waals surface area contributed by atoms with Crippen molar-refractivity contribution in [3.8, 4) is 0 Å². The number of halogens is 2. The molecule has 1 saturated carbocycles. The summed E-state index contributed by atoms with van der Waals surface area (Å²) in [7, 11) is -2.85. The Morgan fingerprint density at radius 1 is 1.32 bits per heavy atom. The smallest absolute Gasteiger partial charge is 0.248 e. The van der Waals surface area contributed by atoms with Crippen molar-refractivity contribution in [3.63, 3.8) is 0 Å². The van der Waals surface area contributed by atoms with Gasteiger partial charge in [0.2, 0.25) is 10.0 Å². The molecule has 0 spiro atoms. The van der Waals surface area contributed by atoms with Gasteiger partial charge >= 0.3 is 0 Å². The second-order valence-electron chi connectivity index (χ2n) is 4.91. The maximum atomic E-state index is 13.7. The number of rotatable bonds is 4. The second kappa shape index (κ2) is 4.72. The first-order valence-corrected chi connectivity index (χ1v) is 7.41. The Morgan fingerprint density at radius 3 is 2.21 bits per heavy atom. The summed E-state index contributed by atoms with van der Waals surface area (Å²) >= 11 is 0. The van der Waals surface area contributed by atoms with Crippen molar-refractivity contribution in [2.24, 2.45) is 5.92 Å². The van der Waals surface area contributed by atoms with Crippen molar-refractivity contribution in [2.45, 2.75) is 30.7 Å². The monoisotopic (exact) mass is 290 g/mol. The van der Waals surface area contributed by atoms with Crippen molar-refractivity contribution < 1.29 is 17.2 Å². The van der Waals surface area contributed by atoms with Crippen LogP contribution in [0.4, 0.5) is 14.5 Å². The highest BCUT2D eigenvalue weighted by atomic mass is 32.2. The lowest BCUT2D eigenvalue weighted by Gasteiger charge is -2.24. The zero-order chi connectivity index (χ0) is 14.4. The van der Waals surface area contributed by atoms with E-state index in [4.69, 9.17) is 5.73 Å². The number of benzene rings is 1. The van der Waals surface area contributed by atoms with E-state index in [-0.39, 0.29) is 17.6 Å². The summed E-state index contributed by atoms with van der Waals surface area (Å²) in [6.45, 7) is 1.74. The van der Waals surface area contributed by atoms with E-state index in [0.29, 0.717) is 0 Å². The fraction of sp³-hybridized carbons (Fsp3) is 0.500. The molecule has 1 atom stereocenters. The molecule has 1 aliphatic rings. The van der Waals surface area contributed by atoms with Gasteiger partial charge in [0.25, 0.3) is 0 Å². The number of sulfonamides is 1. The first-order valence-electron chi connectivity index (χ1n) is 5.97. The predicted molar refractivity (Wildman–Crippen MR) is 67.9 cm³/mol. The van der Waals surface area contributed by atoms with Gasteiger partial charge in [0.05, 0.1) is 0 Å².